The summed E-state index contributed by atoms with van der Waals surface area (Å²) in [5, 5.41) is 6.99. The molecule has 3 fully saturated rings. The molecule has 0 aromatic heterocycles. The van der Waals surface area contributed by atoms with Gasteiger partial charge in [0.25, 0.3) is 5.91 Å². The third-order valence-electron chi connectivity index (χ3n) is 8.96. The fourth-order valence-corrected chi connectivity index (χ4v) is 8.33. The highest BCUT2D eigenvalue weighted by molar-refractivity contribution is 7.88. The van der Waals surface area contributed by atoms with Crippen LogP contribution in [0.4, 0.5) is 4.79 Å². The van der Waals surface area contributed by atoms with Gasteiger partial charge in [0.1, 0.15) is 12.1 Å². The molecule has 5 atom stereocenters. The SMILES string of the molecule is CCN1CCN(C(=O)NC(C(=O)N[C@H]2C(=O)N3[C@@H](C(=O)OCOC(=O)C(C)(C)C)C(C)(C)S(=O)C23NC=O)c2ccc(OC(C)=O)c(OC(C)=O)c2)C(=O)C1=O. The zero-order valence-electron chi connectivity index (χ0n) is 31.7. The Morgan fingerprint density at radius 3 is 2.16 bits per heavy atom. The van der Waals surface area contributed by atoms with E-state index in [2.05, 4.69) is 16.0 Å². The number of esters is 4. The number of piperazine rings is 1. The van der Waals surface area contributed by atoms with E-state index in [1.165, 1.54) is 24.8 Å². The van der Waals surface area contributed by atoms with Crippen LogP contribution in [0.2, 0.25) is 0 Å². The van der Waals surface area contributed by atoms with Crippen LogP contribution >= 0.6 is 0 Å². The maximum absolute atomic E-state index is 14.2. The molecule has 304 valence electrons. The summed E-state index contributed by atoms with van der Waals surface area (Å²) in [6, 6.07) is -3.22. The number of fused-ring (bicyclic) bond motifs is 1. The summed E-state index contributed by atoms with van der Waals surface area (Å²) in [6.45, 7) is 10.2. The molecular formula is C34H42N6O15S. The first-order valence-electron chi connectivity index (χ1n) is 17.1. The minimum Gasteiger partial charge on any atom is -0.427 e. The average Bonchev–Trinajstić information content (AvgIpc) is 3.26. The topological polar surface area (TPSA) is 270 Å². The van der Waals surface area contributed by atoms with Gasteiger partial charge in [0.15, 0.2) is 17.5 Å². The number of ether oxygens (including phenoxy) is 4. The van der Waals surface area contributed by atoms with Crippen molar-refractivity contribution in [3.63, 3.8) is 0 Å². The number of hydrogen-bond donors (Lipinski definition) is 3. The van der Waals surface area contributed by atoms with E-state index in [0.717, 1.165) is 30.9 Å². The smallest absolute Gasteiger partial charge is 0.333 e. The third-order valence-corrected chi connectivity index (χ3v) is 11.3. The van der Waals surface area contributed by atoms with Crippen molar-refractivity contribution in [2.75, 3.05) is 26.4 Å². The van der Waals surface area contributed by atoms with Gasteiger partial charge in [-0.3, -0.25) is 52.4 Å². The number of nitrogens with zero attached hydrogens (tertiary/aromatic N) is 3. The number of imide groups is 1. The molecule has 1 aromatic rings. The van der Waals surface area contributed by atoms with Gasteiger partial charge >= 0.3 is 41.7 Å². The Bertz CT molecular complexity index is 1910. The van der Waals surface area contributed by atoms with Crippen LogP contribution in [0.15, 0.2) is 18.2 Å². The largest absolute Gasteiger partial charge is 0.427 e. The number of hydrogen-bond acceptors (Lipinski definition) is 15. The second-order valence-electron chi connectivity index (χ2n) is 14.3. The Morgan fingerprint density at radius 2 is 1.59 bits per heavy atom. The second kappa shape index (κ2) is 16.0. The summed E-state index contributed by atoms with van der Waals surface area (Å²) >= 11 is 0. The van der Waals surface area contributed by atoms with Crippen molar-refractivity contribution in [2.45, 2.75) is 83.3 Å². The van der Waals surface area contributed by atoms with Crippen molar-refractivity contribution in [1.82, 2.24) is 30.7 Å². The zero-order chi connectivity index (χ0) is 42.1. The number of nitrogens with one attached hydrogen (secondary N) is 3. The molecule has 3 aliphatic rings. The minimum atomic E-state index is -2.38. The van der Waals surface area contributed by atoms with Crippen LogP contribution in [0.5, 0.6) is 11.5 Å². The molecule has 22 heteroatoms. The fourth-order valence-electron chi connectivity index (χ4n) is 6.22. The Hall–Kier alpha value is -5.93. The van der Waals surface area contributed by atoms with Crippen LogP contribution in [-0.4, -0.2) is 127 Å². The van der Waals surface area contributed by atoms with E-state index in [1.807, 2.05) is 0 Å². The highest BCUT2D eigenvalue weighted by atomic mass is 32.2. The van der Waals surface area contributed by atoms with Gasteiger partial charge in [0.2, 0.25) is 24.1 Å². The highest BCUT2D eigenvalue weighted by Crippen LogP contribution is 2.50. The quantitative estimate of drug-likeness (QED) is 0.0554. The van der Waals surface area contributed by atoms with Crippen molar-refractivity contribution >= 4 is 70.7 Å². The van der Waals surface area contributed by atoms with Gasteiger partial charge in [-0.1, -0.05) is 6.07 Å². The highest BCUT2D eigenvalue weighted by Gasteiger charge is 2.78. The van der Waals surface area contributed by atoms with Crippen molar-refractivity contribution < 1.29 is 71.1 Å². The molecule has 3 N–H and O–H groups in total. The predicted molar refractivity (Wildman–Crippen MR) is 188 cm³/mol. The van der Waals surface area contributed by atoms with Crippen molar-refractivity contribution in [3.8, 4) is 11.5 Å². The molecule has 7 amide bonds. The first-order valence-corrected chi connectivity index (χ1v) is 18.2. The summed E-state index contributed by atoms with van der Waals surface area (Å²) in [7, 11) is -2.38. The molecule has 56 heavy (non-hydrogen) atoms. The Kier molecular flexibility index (Phi) is 12.3. The average molecular weight is 807 g/mol. The van der Waals surface area contributed by atoms with E-state index in [0.29, 0.717) is 4.90 Å². The van der Waals surface area contributed by atoms with Gasteiger partial charge in [0.05, 0.1) is 21.0 Å². The van der Waals surface area contributed by atoms with Gasteiger partial charge in [-0.05, 0) is 59.2 Å². The van der Waals surface area contributed by atoms with Crippen LogP contribution in [0.25, 0.3) is 0 Å². The summed E-state index contributed by atoms with van der Waals surface area (Å²) < 4.78 is 32.9. The molecule has 0 aliphatic carbocycles. The standard InChI is InChI=1S/C34H42N6O15S/c1-9-38-12-13-39(28(47)27(38)46)31(50)36-22(19-10-11-20(54-17(2)42)21(14-19)55-18(3)43)25(44)37-23-26(45)40-24(29(48)52-16-53-30(49)32(4,5)6)33(7,8)56(51)34(23,40)35-15-41/h10-11,14-15,22-24H,9,12-13,16H2,1-8H3,(H,35,41)(H,36,50)(H,37,44)/t22?,23-,24-,34?,56?/m0/s1. The van der Waals surface area contributed by atoms with Crippen LogP contribution in [-0.2, 0) is 63.4 Å². The number of benzene rings is 1. The molecule has 3 aliphatic heterocycles. The molecule has 4 rings (SSSR count). The molecule has 21 nitrogen and oxygen atoms in total. The Morgan fingerprint density at radius 1 is 0.964 bits per heavy atom. The molecule has 0 spiro atoms. The van der Waals surface area contributed by atoms with E-state index in [1.54, 1.807) is 27.7 Å². The summed E-state index contributed by atoms with van der Waals surface area (Å²) in [6.07, 6.45) is 0.0995. The third kappa shape index (κ3) is 7.91. The van der Waals surface area contributed by atoms with E-state index in [9.17, 15) is 52.2 Å². The van der Waals surface area contributed by atoms with E-state index >= 15 is 0 Å². The lowest BCUT2D eigenvalue weighted by Crippen LogP contribution is -2.84. The molecule has 3 saturated heterocycles. The molecule has 3 unspecified atom stereocenters. The zero-order valence-corrected chi connectivity index (χ0v) is 32.6. The Balaban J connectivity index is 1.70. The second-order valence-corrected chi connectivity index (χ2v) is 16.5. The molecule has 0 radical (unpaired) electrons. The number of amides is 7. The lowest BCUT2D eigenvalue weighted by Gasteiger charge is -2.52. The number of likely N-dealkylation sites (N-methyl/N-ethyl adjacent to an activating group) is 1. The van der Waals surface area contributed by atoms with Crippen LogP contribution in [0.1, 0.15) is 67.0 Å². The van der Waals surface area contributed by atoms with Gasteiger partial charge in [-0.2, -0.15) is 0 Å². The van der Waals surface area contributed by atoms with Gasteiger partial charge in [0, 0.05) is 33.5 Å². The molecule has 1 aromatic carbocycles. The maximum Gasteiger partial charge on any atom is 0.333 e. The van der Waals surface area contributed by atoms with E-state index < -0.39 is 104 Å². The van der Waals surface area contributed by atoms with Crippen LogP contribution < -0.4 is 25.4 Å². The van der Waals surface area contributed by atoms with Gasteiger partial charge in [-0.15, -0.1) is 0 Å². The molecule has 3 heterocycles. The summed E-state index contributed by atoms with van der Waals surface area (Å²) in [5.74, 6) is -8.56. The van der Waals surface area contributed by atoms with Gasteiger partial charge in [-0.25, -0.2) is 9.59 Å². The summed E-state index contributed by atoms with van der Waals surface area (Å²) in [5.41, 5.74) is -1.11. The van der Waals surface area contributed by atoms with Crippen molar-refractivity contribution in [3.05, 3.63) is 23.8 Å². The van der Waals surface area contributed by atoms with E-state index in [4.69, 9.17) is 18.9 Å². The maximum atomic E-state index is 14.2. The van der Waals surface area contributed by atoms with E-state index in [-0.39, 0.29) is 43.1 Å². The first-order chi connectivity index (χ1) is 26.0. The molecule has 0 saturated carbocycles. The number of carbonyl (C=O) groups excluding carboxylic acids is 10. The normalized spacial score (nSPS) is 23.2. The number of urea groups is 1. The lowest BCUT2D eigenvalue weighted by atomic mass is 9.92. The summed E-state index contributed by atoms with van der Waals surface area (Å²) in [4.78, 5) is 129. The minimum absolute atomic E-state index is 0.0183. The number of rotatable bonds is 12. The van der Waals surface area contributed by atoms with Crippen molar-refractivity contribution in [1.29, 1.82) is 0 Å². The monoisotopic (exact) mass is 806 g/mol. The van der Waals surface area contributed by atoms with Gasteiger partial charge < -0.3 is 39.8 Å². The first kappa shape index (κ1) is 42.8. The van der Waals surface area contributed by atoms with Crippen molar-refractivity contribution in [2.24, 2.45) is 5.41 Å². The lowest BCUT2D eigenvalue weighted by molar-refractivity contribution is -0.184. The Labute approximate surface area is 322 Å². The number of carbonyl (C=O) groups is 10. The molecular weight excluding hydrogens is 764 g/mol. The molecule has 0 bridgehead atoms. The number of β-lactam (4-membered cyclic amide) rings is 1. The van der Waals surface area contributed by atoms with Crippen LogP contribution in [0.3, 0.4) is 0 Å². The van der Waals surface area contributed by atoms with Crippen LogP contribution in [0, 0.1) is 5.41 Å². The predicted octanol–water partition coefficient (Wildman–Crippen LogP) is -1.30. The fraction of sp³-hybridized carbons (Fsp3) is 0.529.